The van der Waals surface area contributed by atoms with Crippen LogP contribution in [0.1, 0.15) is 33.3 Å². The van der Waals surface area contributed by atoms with Crippen LogP contribution in [0.3, 0.4) is 0 Å². The van der Waals surface area contributed by atoms with Crippen LogP contribution in [0.15, 0.2) is 30.3 Å². The second-order valence-corrected chi connectivity index (χ2v) is 6.88. The number of benzene rings is 1. The second kappa shape index (κ2) is 10.9. The first-order valence-corrected chi connectivity index (χ1v) is 8.89. The van der Waals surface area contributed by atoms with Gasteiger partial charge in [0.1, 0.15) is 12.6 Å². The Labute approximate surface area is 163 Å². The number of urea groups is 1. The Hall–Kier alpha value is -3.10. The van der Waals surface area contributed by atoms with Crippen molar-refractivity contribution < 1.29 is 28.7 Å². The number of nitrogens with one attached hydrogen (secondary N) is 2. The SMILES string of the molecule is CC(C)[C@H](NC(=O)OCc1ccccc1)C(=O)O[C@H](C(=O)NC(N)=O)C(C)C. The fourth-order valence-electron chi connectivity index (χ4n) is 2.27. The third-order valence-electron chi connectivity index (χ3n) is 3.76. The van der Waals surface area contributed by atoms with E-state index >= 15 is 0 Å². The van der Waals surface area contributed by atoms with Gasteiger partial charge in [0.05, 0.1) is 0 Å². The van der Waals surface area contributed by atoms with Gasteiger partial charge in [0.25, 0.3) is 5.91 Å². The van der Waals surface area contributed by atoms with Gasteiger partial charge in [-0.1, -0.05) is 58.0 Å². The molecule has 28 heavy (non-hydrogen) atoms. The molecule has 1 aromatic carbocycles. The zero-order valence-electron chi connectivity index (χ0n) is 16.4. The Bertz CT molecular complexity index is 690. The van der Waals surface area contributed by atoms with Gasteiger partial charge in [0.15, 0.2) is 6.10 Å². The van der Waals surface area contributed by atoms with E-state index in [1.165, 1.54) is 0 Å². The molecule has 4 amide bonds. The van der Waals surface area contributed by atoms with E-state index in [4.69, 9.17) is 15.2 Å². The zero-order valence-corrected chi connectivity index (χ0v) is 16.4. The molecule has 4 N–H and O–H groups in total. The highest BCUT2D eigenvalue weighted by Gasteiger charge is 2.33. The predicted molar refractivity (Wildman–Crippen MR) is 101 cm³/mol. The normalized spacial score (nSPS) is 12.8. The minimum absolute atomic E-state index is 0.0438. The molecule has 9 heteroatoms. The molecular formula is C19H27N3O6. The van der Waals surface area contributed by atoms with Crippen molar-refractivity contribution in [1.82, 2.24) is 10.6 Å². The molecule has 0 saturated heterocycles. The van der Waals surface area contributed by atoms with Gasteiger partial charge in [-0.3, -0.25) is 10.1 Å². The molecule has 0 saturated carbocycles. The van der Waals surface area contributed by atoms with E-state index in [2.05, 4.69) is 5.32 Å². The van der Waals surface area contributed by atoms with Crippen LogP contribution in [0.5, 0.6) is 0 Å². The third-order valence-corrected chi connectivity index (χ3v) is 3.76. The molecule has 0 fully saturated rings. The summed E-state index contributed by atoms with van der Waals surface area (Å²) in [7, 11) is 0. The van der Waals surface area contributed by atoms with E-state index in [-0.39, 0.29) is 12.5 Å². The fourth-order valence-corrected chi connectivity index (χ4v) is 2.27. The predicted octanol–water partition coefficient (Wildman–Crippen LogP) is 1.70. The van der Waals surface area contributed by atoms with E-state index in [9.17, 15) is 19.2 Å². The van der Waals surface area contributed by atoms with Gasteiger partial charge < -0.3 is 20.5 Å². The monoisotopic (exact) mass is 393 g/mol. The van der Waals surface area contributed by atoms with Gasteiger partial charge in [0, 0.05) is 0 Å². The number of carbonyl (C=O) groups is 4. The summed E-state index contributed by atoms with van der Waals surface area (Å²) in [4.78, 5) is 47.4. The van der Waals surface area contributed by atoms with Gasteiger partial charge in [-0.05, 0) is 17.4 Å². The Morgan fingerprint density at radius 1 is 1.00 bits per heavy atom. The van der Waals surface area contributed by atoms with Crippen LogP contribution in [-0.2, 0) is 25.7 Å². The summed E-state index contributed by atoms with van der Waals surface area (Å²) in [6.07, 6.45) is -2.02. The van der Waals surface area contributed by atoms with Crippen molar-refractivity contribution in [2.24, 2.45) is 17.6 Å². The minimum atomic E-state index is -1.23. The first-order chi connectivity index (χ1) is 13.1. The molecule has 0 aliphatic carbocycles. The lowest BCUT2D eigenvalue weighted by molar-refractivity contribution is -0.161. The van der Waals surface area contributed by atoms with E-state index in [1.54, 1.807) is 39.8 Å². The number of hydrogen-bond donors (Lipinski definition) is 3. The molecule has 9 nitrogen and oxygen atoms in total. The maximum Gasteiger partial charge on any atom is 0.408 e. The number of ether oxygens (including phenoxy) is 2. The Morgan fingerprint density at radius 3 is 2.11 bits per heavy atom. The average Bonchev–Trinajstić information content (AvgIpc) is 2.61. The van der Waals surface area contributed by atoms with Crippen LogP contribution in [-0.4, -0.2) is 36.1 Å². The summed E-state index contributed by atoms with van der Waals surface area (Å²) in [6, 6.07) is 6.98. The van der Waals surface area contributed by atoms with Crippen LogP contribution in [0.25, 0.3) is 0 Å². The highest BCUT2D eigenvalue weighted by atomic mass is 16.6. The molecule has 1 rings (SSSR count). The molecule has 0 radical (unpaired) electrons. The Morgan fingerprint density at radius 2 is 1.61 bits per heavy atom. The van der Waals surface area contributed by atoms with E-state index in [0.717, 1.165) is 5.56 Å². The van der Waals surface area contributed by atoms with Crippen molar-refractivity contribution in [2.45, 2.75) is 46.4 Å². The fraction of sp³-hybridized carbons (Fsp3) is 0.474. The van der Waals surface area contributed by atoms with Crippen LogP contribution in [0, 0.1) is 11.8 Å². The van der Waals surface area contributed by atoms with Crippen LogP contribution < -0.4 is 16.4 Å². The van der Waals surface area contributed by atoms with Gasteiger partial charge in [-0.25, -0.2) is 14.4 Å². The molecule has 0 aliphatic heterocycles. The molecule has 2 atom stereocenters. The second-order valence-electron chi connectivity index (χ2n) is 6.88. The minimum Gasteiger partial charge on any atom is -0.450 e. The number of esters is 1. The molecule has 0 bridgehead atoms. The van der Waals surface area contributed by atoms with Gasteiger partial charge >= 0.3 is 18.1 Å². The molecule has 1 aromatic rings. The molecule has 0 aromatic heterocycles. The van der Waals surface area contributed by atoms with Crippen molar-refractivity contribution in [3.8, 4) is 0 Å². The van der Waals surface area contributed by atoms with Gasteiger partial charge in [-0.2, -0.15) is 0 Å². The Balaban J connectivity index is 2.72. The van der Waals surface area contributed by atoms with Crippen molar-refractivity contribution in [2.75, 3.05) is 0 Å². The summed E-state index contributed by atoms with van der Waals surface area (Å²) >= 11 is 0. The topological polar surface area (TPSA) is 137 Å². The van der Waals surface area contributed by atoms with E-state index in [0.29, 0.717) is 0 Å². The van der Waals surface area contributed by atoms with Crippen LogP contribution in [0.4, 0.5) is 9.59 Å². The van der Waals surface area contributed by atoms with Crippen molar-refractivity contribution in [3.05, 3.63) is 35.9 Å². The van der Waals surface area contributed by atoms with Crippen molar-refractivity contribution in [1.29, 1.82) is 0 Å². The smallest absolute Gasteiger partial charge is 0.408 e. The average molecular weight is 393 g/mol. The molecule has 0 spiro atoms. The van der Waals surface area contributed by atoms with Crippen LogP contribution >= 0.6 is 0 Å². The van der Waals surface area contributed by atoms with Crippen molar-refractivity contribution >= 4 is 24.0 Å². The number of primary amides is 1. The van der Waals surface area contributed by atoms with Crippen molar-refractivity contribution in [3.63, 3.8) is 0 Å². The lowest BCUT2D eigenvalue weighted by atomic mass is 10.0. The summed E-state index contributed by atoms with van der Waals surface area (Å²) in [5.41, 5.74) is 5.73. The Kier molecular flexibility index (Phi) is 8.94. The lowest BCUT2D eigenvalue weighted by Gasteiger charge is -2.25. The molecule has 0 unspecified atom stereocenters. The summed E-state index contributed by atoms with van der Waals surface area (Å²) < 4.78 is 10.3. The number of rotatable bonds is 8. The summed E-state index contributed by atoms with van der Waals surface area (Å²) in [5, 5.41) is 4.34. The number of carbonyl (C=O) groups excluding carboxylic acids is 4. The highest BCUT2D eigenvalue weighted by molar-refractivity contribution is 5.97. The van der Waals surface area contributed by atoms with E-state index < -0.39 is 42.1 Å². The largest absolute Gasteiger partial charge is 0.450 e. The lowest BCUT2D eigenvalue weighted by Crippen LogP contribution is -2.50. The summed E-state index contributed by atoms with van der Waals surface area (Å²) in [6.45, 7) is 6.74. The number of alkyl carbamates (subject to hydrolysis) is 1. The summed E-state index contributed by atoms with van der Waals surface area (Å²) in [5.74, 6) is -2.39. The molecular weight excluding hydrogens is 366 g/mol. The first kappa shape index (κ1) is 22.9. The zero-order chi connectivity index (χ0) is 21.3. The standard InChI is InChI=1S/C19H27N3O6/c1-11(2)14(21-19(26)27-10-13-8-6-5-7-9-13)17(24)28-15(12(3)4)16(23)22-18(20)25/h5-9,11-12,14-15H,10H2,1-4H3,(H,21,26)(H3,20,22,23,25)/t14-,15-/m0/s1. The number of amides is 4. The molecule has 0 heterocycles. The maximum atomic E-state index is 12.5. The highest BCUT2D eigenvalue weighted by Crippen LogP contribution is 2.12. The maximum absolute atomic E-state index is 12.5. The number of nitrogens with two attached hydrogens (primary N) is 1. The number of imide groups is 1. The number of hydrogen-bond acceptors (Lipinski definition) is 6. The van der Waals surface area contributed by atoms with Gasteiger partial charge in [-0.15, -0.1) is 0 Å². The molecule has 154 valence electrons. The van der Waals surface area contributed by atoms with E-state index in [1.807, 2.05) is 23.5 Å². The quantitative estimate of drug-likeness (QED) is 0.575. The first-order valence-electron chi connectivity index (χ1n) is 8.89. The molecule has 0 aliphatic rings. The third kappa shape index (κ3) is 7.65. The van der Waals surface area contributed by atoms with Crippen LogP contribution in [0.2, 0.25) is 0 Å². The van der Waals surface area contributed by atoms with Gasteiger partial charge in [0.2, 0.25) is 0 Å².